The molecule has 1 aliphatic rings. The van der Waals surface area contributed by atoms with E-state index in [1.807, 2.05) is 14.1 Å². The average molecular weight is 411 g/mol. The van der Waals surface area contributed by atoms with Gasteiger partial charge in [0.25, 0.3) is 0 Å². The summed E-state index contributed by atoms with van der Waals surface area (Å²) in [6.07, 6.45) is 7.28. The molecule has 1 aromatic heterocycles. The van der Waals surface area contributed by atoms with Crippen LogP contribution in [0.5, 0.6) is 0 Å². The Morgan fingerprint density at radius 1 is 1.25 bits per heavy atom. The third-order valence-corrected chi connectivity index (χ3v) is 6.03. The summed E-state index contributed by atoms with van der Waals surface area (Å²) in [6.45, 7) is 5.11. The molecule has 0 unspecified atom stereocenters. The van der Waals surface area contributed by atoms with Crippen LogP contribution in [0, 0.1) is 0 Å². The van der Waals surface area contributed by atoms with Gasteiger partial charge < -0.3 is 9.88 Å². The van der Waals surface area contributed by atoms with Crippen LogP contribution in [0.2, 0.25) is 0 Å². The van der Waals surface area contributed by atoms with Crippen molar-refractivity contribution in [2.24, 2.45) is 0 Å². The SMILES string of the molecule is CCCCn1c(SCC(=O)NC(=O)NC2CCCC2)nnc1[C@@H](CC)N(C)C. The number of unbranched alkanes of at least 4 members (excludes halogenated alkanes) is 1. The molecule has 158 valence electrons. The first kappa shape index (κ1) is 22.7. The van der Waals surface area contributed by atoms with E-state index in [2.05, 4.69) is 44.1 Å². The van der Waals surface area contributed by atoms with E-state index < -0.39 is 6.03 Å². The Morgan fingerprint density at radius 2 is 1.96 bits per heavy atom. The number of urea groups is 1. The first-order valence-electron chi connectivity index (χ1n) is 10.3. The minimum Gasteiger partial charge on any atom is -0.335 e. The highest BCUT2D eigenvalue weighted by Gasteiger charge is 2.23. The van der Waals surface area contributed by atoms with Gasteiger partial charge >= 0.3 is 6.03 Å². The van der Waals surface area contributed by atoms with Gasteiger partial charge in [-0.1, -0.05) is 44.9 Å². The summed E-state index contributed by atoms with van der Waals surface area (Å²) in [6, 6.07) is -0.0221. The Labute approximate surface area is 172 Å². The lowest BCUT2D eigenvalue weighted by Crippen LogP contribution is -2.44. The molecule has 2 rings (SSSR count). The van der Waals surface area contributed by atoms with E-state index in [-0.39, 0.29) is 23.7 Å². The molecule has 1 fully saturated rings. The third-order valence-electron chi connectivity index (χ3n) is 5.06. The fourth-order valence-corrected chi connectivity index (χ4v) is 4.31. The summed E-state index contributed by atoms with van der Waals surface area (Å²) in [5.74, 6) is 0.760. The number of carbonyl (C=O) groups excluding carboxylic acids is 2. The van der Waals surface area contributed by atoms with Gasteiger partial charge in [0.2, 0.25) is 5.91 Å². The number of aromatic nitrogens is 3. The quantitative estimate of drug-likeness (QED) is 0.576. The summed E-state index contributed by atoms with van der Waals surface area (Å²) in [7, 11) is 4.08. The van der Waals surface area contributed by atoms with Crippen molar-refractivity contribution in [3.05, 3.63) is 5.82 Å². The van der Waals surface area contributed by atoms with E-state index in [1.165, 1.54) is 11.8 Å². The molecule has 28 heavy (non-hydrogen) atoms. The monoisotopic (exact) mass is 410 g/mol. The van der Waals surface area contributed by atoms with Gasteiger partial charge in [-0.05, 0) is 39.8 Å². The van der Waals surface area contributed by atoms with E-state index in [1.54, 1.807) is 0 Å². The van der Waals surface area contributed by atoms with Crippen LogP contribution >= 0.6 is 11.8 Å². The fraction of sp³-hybridized carbons (Fsp3) is 0.789. The molecule has 0 aromatic carbocycles. The van der Waals surface area contributed by atoms with Crippen LogP contribution < -0.4 is 10.6 Å². The number of imide groups is 1. The van der Waals surface area contributed by atoms with E-state index >= 15 is 0 Å². The van der Waals surface area contributed by atoms with Crippen LogP contribution in [0.4, 0.5) is 4.79 Å². The lowest BCUT2D eigenvalue weighted by molar-refractivity contribution is -0.117. The highest BCUT2D eigenvalue weighted by molar-refractivity contribution is 7.99. The molecule has 0 spiro atoms. The molecule has 8 nitrogen and oxygen atoms in total. The summed E-state index contributed by atoms with van der Waals surface area (Å²) in [5, 5.41) is 14.8. The second-order valence-electron chi connectivity index (χ2n) is 7.53. The molecular formula is C19H34N6O2S. The highest BCUT2D eigenvalue weighted by atomic mass is 32.2. The number of thioether (sulfide) groups is 1. The van der Waals surface area contributed by atoms with Crippen LogP contribution in [0.25, 0.3) is 0 Å². The molecule has 9 heteroatoms. The molecule has 0 saturated heterocycles. The molecule has 1 heterocycles. The van der Waals surface area contributed by atoms with Crippen LogP contribution in [-0.2, 0) is 11.3 Å². The summed E-state index contributed by atoms with van der Waals surface area (Å²) in [4.78, 5) is 26.3. The lowest BCUT2D eigenvalue weighted by atomic mass is 10.2. The zero-order valence-corrected chi connectivity index (χ0v) is 18.3. The predicted octanol–water partition coefficient (Wildman–Crippen LogP) is 2.95. The van der Waals surface area contributed by atoms with Gasteiger partial charge in [-0.15, -0.1) is 10.2 Å². The summed E-state index contributed by atoms with van der Waals surface area (Å²) >= 11 is 1.33. The van der Waals surface area contributed by atoms with Crippen molar-refractivity contribution in [2.45, 2.75) is 82.6 Å². The van der Waals surface area contributed by atoms with Crippen LogP contribution in [0.15, 0.2) is 5.16 Å². The van der Waals surface area contributed by atoms with Gasteiger partial charge in [0.05, 0.1) is 11.8 Å². The first-order chi connectivity index (χ1) is 13.5. The number of rotatable bonds is 10. The Bertz CT molecular complexity index is 642. The van der Waals surface area contributed by atoms with Gasteiger partial charge in [0.15, 0.2) is 11.0 Å². The van der Waals surface area contributed by atoms with Crippen molar-refractivity contribution in [3.8, 4) is 0 Å². The van der Waals surface area contributed by atoms with Gasteiger partial charge in [-0.2, -0.15) is 0 Å². The molecule has 0 aliphatic heterocycles. The molecule has 1 aliphatic carbocycles. The largest absolute Gasteiger partial charge is 0.335 e. The average Bonchev–Trinajstić information content (AvgIpc) is 3.28. The van der Waals surface area contributed by atoms with Crippen LogP contribution in [0.1, 0.15) is 70.7 Å². The first-order valence-corrected chi connectivity index (χ1v) is 11.3. The predicted molar refractivity (Wildman–Crippen MR) is 111 cm³/mol. The lowest BCUT2D eigenvalue weighted by Gasteiger charge is -2.23. The number of nitrogens with zero attached hydrogens (tertiary/aromatic N) is 4. The normalized spacial score (nSPS) is 15.8. The Hall–Kier alpha value is -1.61. The van der Waals surface area contributed by atoms with Gasteiger partial charge in [0, 0.05) is 12.6 Å². The van der Waals surface area contributed by atoms with E-state index in [0.29, 0.717) is 0 Å². The van der Waals surface area contributed by atoms with Gasteiger partial charge in [0.1, 0.15) is 0 Å². The van der Waals surface area contributed by atoms with Gasteiger partial charge in [-0.3, -0.25) is 15.0 Å². The smallest absolute Gasteiger partial charge is 0.321 e. The Balaban J connectivity index is 1.95. The number of amides is 3. The molecule has 1 saturated carbocycles. The van der Waals surface area contributed by atoms with E-state index in [0.717, 1.165) is 62.5 Å². The maximum atomic E-state index is 12.2. The maximum absolute atomic E-state index is 12.2. The number of hydrogen-bond acceptors (Lipinski definition) is 6. The topological polar surface area (TPSA) is 92.2 Å². The molecule has 2 N–H and O–H groups in total. The molecular weight excluding hydrogens is 376 g/mol. The van der Waals surface area contributed by atoms with Crippen LogP contribution in [-0.4, -0.2) is 57.5 Å². The minimum atomic E-state index is -0.399. The molecule has 3 amide bonds. The van der Waals surface area contributed by atoms with Crippen molar-refractivity contribution in [3.63, 3.8) is 0 Å². The third kappa shape index (κ3) is 6.48. The molecule has 1 atom stereocenters. The van der Waals surface area contributed by atoms with Crippen molar-refractivity contribution in [1.82, 2.24) is 30.3 Å². The Kier molecular flexibility index (Phi) is 9.24. The van der Waals surface area contributed by atoms with Crippen molar-refractivity contribution >= 4 is 23.7 Å². The highest BCUT2D eigenvalue weighted by Crippen LogP contribution is 2.25. The van der Waals surface area contributed by atoms with E-state index in [9.17, 15) is 9.59 Å². The molecule has 1 aromatic rings. The standard InChI is InChI=1S/C19H34N6O2S/c1-5-7-12-25-17(15(6-2)24(3)4)22-23-19(25)28-13-16(26)21-18(27)20-14-10-8-9-11-14/h14-15H,5-13H2,1-4H3,(H2,20,21,26,27)/t15-/m1/s1. The second kappa shape index (κ2) is 11.4. The van der Waals surface area contributed by atoms with Crippen LogP contribution in [0.3, 0.4) is 0 Å². The minimum absolute atomic E-state index is 0.140. The Morgan fingerprint density at radius 3 is 2.57 bits per heavy atom. The zero-order chi connectivity index (χ0) is 20.5. The van der Waals surface area contributed by atoms with Crippen molar-refractivity contribution < 1.29 is 9.59 Å². The number of hydrogen-bond donors (Lipinski definition) is 2. The molecule has 0 bridgehead atoms. The zero-order valence-electron chi connectivity index (χ0n) is 17.5. The van der Waals surface area contributed by atoms with Gasteiger partial charge in [-0.25, -0.2) is 4.79 Å². The fourth-order valence-electron chi connectivity index (χ4n) is 3.54. The van der Waals surface area contributed by atoms with Crippen molar-refractivity contribution in [2.75, 3.05) is 19.8 Å². The maximum Gasteiger partial charge on any atom is 0.321 e. The molecule has 0 radical (unpaired) electrons. The second-order valence-corrected chi connectivity index (χ2v) is 8.47. The van der Waals surface area contributed by atoms with E-state index in [4.69, 9.17) is 0 Å². The van der Waals surface area contributed by atoms with Crippen molar-refractivity contribution in [1.29, 1.82) is 0 Å². The summed E-state index contributed by atoms with van der Waals surface area (Å²) < 4.78 is 2.12. The summed E-state index contributed by atoms with van der Waals surface area (Å²) in [5.41, 5.74) is 0. The number of carbonyl (C=O) groups is 2. The number of nitrogens with one attached hydrogen (secondary N) is 2.